The van der Waals surface area contributed by atoms with Gasteiger partial charge in [0.05, 0.1) is 4.90 Å². The summed E-state index contributed by atoms with van der Waals surface area (Å²) < 4.78 is 26.8. The minimum absolute atomic E-state index is 0.100. The van der Waals surface area contributed by atoms with E-state index in [-0.39, 0.29) is 17.2 Å². The molecule has 0 spiro atoms. The van der Waals surface area contributed by atoms with E-state index in [1.807, 2.05) is 0 Å². The molecule has 1 saturated carbocycles. The zero-order chi connectivity index (χ0) is 14.1. The maximum atomic E-state index is 12.1. The highest BCUT2D eigenvalue weighted by molar-refractivity contribution is 7.89. The summed E-state index contributed by atoms with van der Waals surface area (Å²) in [5.41, 5.74) is 5.96. The van der Waals surface area contributed by atoms with Gasteiger partial charge in [-0.25, -0.2) is 13.1 Å². The highest BCUT2D eigenvalue weighted by atomic mass is 32.2. The topological polar surface area (TPSA) is 89.3 Å². The fourth-order valence-corrected chi connectivity index (χ4v) is 3.20. The van der Waals surface area contributed by atoms with Gasteiger partial charge >= 0.3 is 0 Å². The van der Waals surface area contributed by atoms with Crippen LogP contribution in [0.1, 0.15) is 36.5 Å². The predicted molar refractivity (Wildman–Crippen MR) is 72.4 cm³/mol. The molecule has 1 aliphatic carbocycles. The van der Waals surface area contributed by atoms with Gasteiger partial charge in [-0.05, 0) is 38.3 Å². The van der Waals surface area contributed by atoms with Crippen molar-refractivity contribution >= 4 is 15.8 Å². The van der Waals surface area contributed by atoms with E-state index in [1.165, 1.54) is 19.1 Å². The first-order chi connectivity index (χ1) is 8.82. The Hall–Kier alpha value is -1.24. The highest BCUT2D eigenvalue weighted by Gasteiger charge is 2.33. The first-order valence-corrected chi connectivity index (χ1v) is 7.70. The summed E-state index contributed by atoms with van der Waals surface area (Å²) in [6.45, 7) is 1.64. The number of nitrogens with one attached hydrogen (secondary N) is 1. The molecule has 0 heterocycles. The van der Waals surface area contributed by atoms with Crippen LogP contribution in [-0.2, 0) is 10.0 Å². The molecule has 0 aromatic heterocycles. The zero-order valence-electron chi connectivity index (χ0n) is 10.8. The first-order valence-electron chi connectivity index (χ1n) is 6.22. The normalized spacial score (nSPS) is 17.8. The van der Waals surface area contributed by atoms with Crippen molar-refractivity contribution in [2.45, 2.75) is 36.6 Å². The minimum atomic E-state index is -3.61. The van der Waals surface area contributed by atoms with Crippen LogP contribution in [0.2, 0.25) is 0 Å². The van der Waals surface area contributed by atoms with Crippen LogP contribution in [0.15, 0.2) is 29.2 Å². The van der Waals surface area contributed by atoms with Crippen molar-refractivity contribution in [3.63, 3.8) is 0 Å². The second kappa shape index (κ2) is 5.03. The number of hydrogen-bond donors (Lipinski definition) is 2. The molecular weight excluding hydrogens is 264 g/mol. The third-order valence-electron chi connectivity index (χ3n) is 3.51. The van der Waals surface area contributed by atoms with Crippen LogP contribution < -0.4 is 10.5 Å². The van der Waals surface area contributed by atoms with Crippen molar-refractivity contribution in [3.8, 4) is 0 Å². The fraction of sp³-hybridized carbons (Fsp3) is 0.462. The highest BCUT2D eigenvalue weighted by Crippen LogP contribution is 2.28. The van der Waals surface area contributed by atoms with Gasteiger partial charge in [0.15, 0.2) is 5.78 Å². The second-order valence-corrected chi connectivity index (χ2v) is 6.89. The lowest BCUT2D eigenvalue weighted by atomic mass is 9.78. The van der Waals surface area contributed by atoms with Crippen molar-refractivity contribution in [2.75, 3.05) is 6.54 Å². The molecule has 0 unspecified atom stereocenters. The fourth-order valence-electron chi connectivity index (χ4n) is 2.01. The Bertz CT molecular complexity index is 592. The molecule has 3 N–H and O–H groups in total. The molecule has 0 atom stereocenters. The van der Waals surface area contributed by atoms with Crippen LogP contribution in [0, 0.1) is 0 Å². The van der Waals surface area contributed by atoms with E-state index >= 15 is 0 Å². The Balaban J connectivity index is 2.14. The number of carbonyl (C=O) groups excluding carboxylic acids is 1. The molecule has 0 amide bonds. The van der Waals surface area contributed by atoms with E-state index in [0.29, 0.717) is 5.56 Å². The number of nitrogens with two attached hydrogens (primary N) is 1. The Morgan fingerprint density at radius 1 is 1.42 bits per heavy atom. The number of sulfonamides is 1. The quantitative estimate of drug-likeness (QED) is 0.790. The average molecular weight is 282 g/mol. The lowest BCUT2D eigenvalue weighted by molar-refractivity contribution is 0.101. The van der Waals surface area contributed by atoms with Gasteiger partial charge in [0.1, 0.15) is 0 Å². The minimum Gasteiger partial charge on any atom is -0.324 e. The average Bonchev–Trinajstić information content (AvgIpc) is 2.34. The summed E-state index contributed by atoms with van der Waals surface area (Å²) in [4.78, 5) is 11.4. The monoisotopic (exact) mass is 282 g/mol. The van der Waals surface area contributed by atoms with Gasteiger partial charge in [-0.2, -0.15) is 0 Å². The molecule has 19 heavy (non-hydrogen) atoms. The molecule has 0 bridgehead atoms. The van der Waals surface area contributed by atoms with Crippen LogP contribution in [0.3, 0.4) is 0 Å². The van der Waals surface area contributed by atoms with E-state index in [9.17, 15) is 13.2 Å². The SMILES string of the molecule is CC(=O)c1cccc(S(=O)(=O)NCC2(N)CCC2)c1. The molecule has 1 aromatic rings. The molecule has 2 rings (SSSR count). The van der Waals surface area contributed by atoms with Crippen molar-refractivity contribution in [2.24, 2.45) is 5.73 Å². The van der Waals surface area contributed by atoms with Crippen LogP contribution in [0.4, 0.5) is 0 Å². The number of ketones is 1. The third kappa shape index (κ3) is 3.20. The van der Waals surface area contributed by atoms with E-state index < -0.39 is 15.6 Å². The summed E-state index contributed by atoms with van der Waals surface area (Å²) in [5.74, 6) is -0.161. The van der Waals surface area contributed by atoms with Gasteiger partial charge < -0.3 is 5.73 Å². The zero-order valence-corrected chi connectivity index (χ0v) is 11.7. The molecule has 1 fully saturated rings. The van der Waals surface area contributed by atoms with Gasteiger partial charge in [0, 0.05) is 17.6 Å². The Morgan fingerprint density at radius 3 is 2.63 bits per heavy atom. The van der Waals surface area contributed by atoms with E-state index in [4.69, 9.17) is 5.73 Å². The van der Waals surface area contributed by atoms with Crippen molar-refractivity contribution in [3.05, 3.63) is 29.8 Å². The van der Waals surface area contributed by atoms with Crippen molar-refractivity contribution in [1.82, 2.24) is 4.72 Å². The maximum absolute atomic E-state index is 12.1. The second-order valence-electron chi connectivity index (χ2n) is 5.12. The van der Waals surface area contributed by atoms with Crippen LogP contribution in [-0.4, -0.2) is 26.3 Å². The number of Topliss-reactive ketones (excluding diaryl/α,β-unsaturated/α-hetero) is 1. The number of carbonyl (C=O) groups is 1. The van der Waals surface area contributed by atoms with E-state index in [2.05, 4.69) is 4.72 Å². The van der Waals surface area contributed by atoms with Crippen molar-refractivity contribution in [1.29, 1.82) is 0 Å². The van der Waals surface area contributed by atoms with E-state index in [1.54, 1.807) is 12.1 Å². The molecule has 1 aromatic carbocycles. The first kappa shape index (κ1) is 14.2. The molecule has 5 nitrogen and oxygen atoms in total. The number of rotatable bonds is 5. The summed E-state index contributed by atoms with van der Waals surface area (Å²) in [5, 5.41) is 0. The largest absolute Gasteiger partial charge is 0.324 e. The van der Waals surface area contributed by atoms with Crippen LogP contribution >= 0.6 is 0 Å². The predicted octanol–water partition coefficient (Wildman–Crippen LogP) is 1.05. The standard InChI is InChI=1S/C13H18N2O3S/c1-10(16)11-4-2-5-12(8-11)19(17,18)15-9-13(14)6-3-7-13/h2,4-5,8,15H,3,6-7,9,14H2,1H3. The van der Waals surface area contributed by atoms with Crippen LogP contribution in [0.5, 0.6) is 0 Å². The number of benzene rings is 1. The Morgan fingerprint density at radius 2 is 2.11 bits per heavy atom. The molecular formula is C13H18N2O3S. The van der Waals surface area contributed by atoms with Gasteiger partial charge in [-0.3, -0.25) is 4.79 Å². The maximum Gasteiger partial charge on any atom is 0.240 e. The lowest BCUT2D eigenvalue weighted by Crippen LogP contribution is -2.54. The molecule has 104 valence electrons. The molecule has 1 aliphatic rings. The number of hydrogen-bond acceptors (Lipinski definition) is 4. The van der Waals surface area contributed by atoms with Gasteiger partial charge in [-0.1, -0.05) is 12.1 Å². The summed E-state index contributed by atoms with van der Waals surface area (Å²) in [6.07, 6.45) is 2.71. The Kier molecular flexibility index (Phi) is 3.75. The summed E-state index contributed by atoms with van der Waals surface area (Å²) >= 11 is 0. The molecule has 0 aliphatic heterocycles. The molecule has 6 heteroatoms. The van der Waals surface area contributed by atoms with Crippen LogP contribution in [0.25, 0.3) is 0 Å². The van der Waals surface area contributed by atoms with E-state index in [0.717, 1.165) is 19.3 Å². The molecule has 0 radical (unpaired) electrons. The van der Waals surface area contributed by atoms with Gasteiger partial charge in [0.25, 0.3) is 0 Å². The lowest BCUT2D eigenvalue weighted by Gasteiger charge is -2.38. The Labute approximate surface area is 113 Å². The third-order valence-corrected chi connectivity index (χ3v) is 4.91. The molecule has 0 saturated heterocycles. The van der Waals surface area contributed by atoms with Crippen molar-refractivity contribution < 1.29 is 13.2 Å². The summed E-state index contributed by atoms with van der Waals surface area (Å²) in [7, 11) is -3.61. The van der Waals surface area contributed by atoms with Gasteiger partial charge in [0.2, 0.25) is 10.0 Å². The smallest absolute Gasteiger partial charge is 0.240 e. The van der Waals surface area contributed by atoms with Gasteiger partial charge in [-0.15, -0.1) is 0 Å². The summed E-state index contributed by atoms with van der Waals surface area (Å²) in [6, 6.07) is 6.01.